The topological polar surface area (TPSA) is 70.6 Å². The van der Waals surface area contributed by atoms with Crippen molar-refractivity contribution in [2.75, 3.05) is 25.6 Å². The molecule has 1 aromatic rings. The maximum absolute atomic E-state index is 11.3. The summed E-state index contributed by atoms with van der Waals surface area (Å²) < 4.78 is 22.6. The van der Waals surface area contributed by atoms with Crippen LogP contribution in [0, 0.1) is 0 Å². The number of nitrogens with zero attached hydrogens (tertiary/aromatic N) is 1. The lowest BCUT2D eigenvalue weighted by Gasteiger charge is -2.43. The van der Waals surface area contributed by atoms with Gasteiger partial charge in [0.1, 0.15) is 9.84 Å². The van der Waals surface area contributed by atoms with Gasteiger partial charge >= 0.3 is 0 Å². The first-order valence-corrected chi connectivity index (χ1v) is 10.6. The number of nitrogens with one attached hydrogen (secondary N) is 2. The fourth-order valence-corrected chi connectivity index (χ4v) is 3.89. The van der Waals surface area contributed by atoms with E-state index in [9.17, 15) is 8.42 Å². The number of guanidine groups is 1. The number of hydrogen-bond donors (Lipinski definition) is 2. The fourth-order valence-electron chi connectivity index (χ4n) is 3.11. The molecule has 1 atom stereocenters. The van der Waals surface area contributed by atoms with E-state index in [2.05, 4.69) is 39.9 Å². The van der Waals surface area contributed by atoms with Crippen LogP contribution < -0.4 is 10.6 Å². The first-order valence-electron chi connectivity index (χ1n) is 8.55. The Bertz CT molecular complexity index is 658. The number of sulfone groups is 1. The van der Waals surface area contributed by atoms with Gasteiger partial charge in [-0.15, -0.1) is 24.0 Å². The van der Waals surface area contributed by atoms with E-state index in [4.69, 9.17) is 0 Å². The molecule has 0 saturated heterocycles. The van der Waals surface area contributed by atoms with Gasteiger partial charge in [0.15, 0.2) is 5.96 Å². The molecule has 2 N–H and O–H groups in total. The summed E-state index contributed by atoms with van der Waals surface area (Å²) in [5.41, 5.74) is 1.57. The molecule has 25 heavy (non-hydrogen) atoms. The molecule has 1 unspecified atom stereocenters. The monoisotopic (exact) mass is 479 g/mol. The molecule has 0 heterocycles. The van der Waals surface area contributed by atoms with E-state index >= 15 is 0 Å². The lowest BCUT2D eigenvalue weighted by atomic mass is 9.64. The van der Waals surface area contributed by atoms with Crippen LogP contribution in [-0.4, -0.2) is 46.0 Å². The maximum atomic E-state index is 11.3. The van der Waals surface area contributed by atoms with E-state index in [1.807, 2.05) is 13.0 Å². The lowest BCUT2D eigenvalue weighted by Crippen LogP contribution is -2.50. The Hall–Kier alpha value is -0.830. The van der Waals surface area contributed by atoms with Crippen LogP contribution in [0.1, 0.15) is 38.2 Å². The molecule has 0 radical (unpaired) electrons. The van der Waals surface area contributed by atoms with Gasteiger partial charge in [-0.3, -0.25) is 4.99 Å². The van der Waals surface area contributed by atoms with Gasteiger partial charge in [0.25, 0.3) is 0 Å². The van der Waals surface area contributed by atoms with Crippen molar-refractivity contribution in [3.8, 4) is 0 Å². The third kappa shape index (κ3) is 6.77. The highest BCUT2D eigenvalue weighted by atomic mass is 127. The Morgan fingerprint density at radius 2 is 1.92 bits per heavy atom. The second-order valence-electron chi connectivity index (χ2n) is 6.89. The van der Waals surface area contributed by atoms with Gasteiger partial charge < -0.3 is 10.6 Å². The second kappa shape index (κ2) is 9.75. The van der Waals surface area contributed by atoms with Crippen LogP contribution >= 0.6 is 24.0 Å². The molecule has 1 aliphatic carbocycles. The maximum Gasteiger partial charge on any atom is 0.191 e. The van der Waals surface area contributed by atoms with Gasteiger partial charge in [0.05, 0.1) is 5.75 Å². The summed E-state index contributed by atoms with van der Waals surface area (Å²) in [6.07, 6.45) is 5.47. The molecule has 0 spiro atoms. The largest absolute Gasteiger partial charge is 0.356 e. The summed E-state index contributed by atoms with van der Waals surface area (Å²) in [7, 11) is -1.18. The number of aliphatic imine (C=N–C) groups is 1. The average Bonchev–Trinajstić information content (AvgIpc) is 2.51. The first kappa shape index (κ1) is 22.2. The minimum atomic E-state index is -2.93. The molecule has 0 aromatic heterocycles. The Morgan fingerprint density at radius 1 is 1.28 bits per heavy atom. The Morgan fingerprint density at radius 3 is 2.40 bits per heavy atom. The van der Waals surface area contributed by atoms with Crippen molar-refractivity contribution in [3.05, 3.63) is 35.9 Å². The van der Waals surface area contributed by atoms with Crippen molar-refractivity contribution in [1.29, 1.82) is 0 Å². The Labute approximate surface area is 169 Å². The van der Waals surface area contributed by atoms with Crippen molar-refractivity contribution >= 4 is 39.8 Å². The number of benzene rings is 1. The summed E-state index contributed by atoms with van der Waals surface area (Å²) in [6.45, 7) is 2.82. The van der Waals surface area contributed by atoms with Crippen LogP contribution in [0.2, 0.25) is 0 Å². The van der Waals surface area contributed by atoms with Crippen molar-refractivity contribution in [2.45, 2.75) is 44.1 Å². The smallest absolute Gasteiger partial charge is 0.191 e. The summed E-state index contributed by atoms with van der Waals surface area (Å²) in [5.74, 6) is 0.921. The number of halogens is 1. The molecule has 5 nitrogen and oxygen atoms in total. The Balaban J connectivity index is 0.00000312. The van der Waals surface area contributed by atoms with Crippen LogP contribution in [0.4, 0.5) is 0 Å². The van der Waals surface area contributed by atoms with E-state index in [0.29, 0.717) is 6.42 Å². The molecule has 1 aromatic carbocycles. The van der Waals surface area contributed by atoms with Gasteiger partial charge in [-0.1, -0.05) is 36.8 Å². The predicted octanol–water partition coefficient (Wildman–Crippen LogP) is 2.71. The third-order valence-corrected chi connectivity index (χ3v) is 5.80. The third-order valence-electron chi connectivity index (χ3n) is 4.82. The molecule has 1 aliphatic rings. The molecular weight excluding hydrogens is 449 g/mol. The average molecular weight is 479 g/mol. The lowest BCUT2D eigenvalue weighted by molar-refractivity contribution is 0.243. The summed E-state index contributed by atoms with van der Waals surface area (Å²) >= 11 is 0. The van der Waals surface area contributed by atoms with Crippen LogP contribution in [0.3, 0.4) is 0 Å². The quantitative estimate of drug-likeness (QED) is 0.359. The van der Waals surface area contributed by atoms with E-state index in [1.54, 1.807) is 7.05 Å². The molecule has 2 rings (SSSR count). The van der Waals surface area contributed by atoms with Crippen LogP contribution in [-0.2, 0) is 15.3 Å². The zero-order valence-corrected chi connectivity index (χ0v) is 18.4. The minimum absolute atomic E-state index is 0. The zero-order chi connectivity index (χ0) is 17.6. The van der Waals surface area contributed by atoms with E-state index in [-0.39, 0.29) is 41.2 Å². The van der Waals surface area contributed by atoms with Crippen molar-refractivity contribution in [3.63, 3.8) is 0 Å². The van der Waals surface area contributed by atoms with Crippen molar-refractivity contribution in [1.82, 2.24) is 10.6 Å². The molecule has 1 saturated carbocycles. The predicted molar refractivity (Wildman–Crippen MR) is 116 cm³/mol. The van der Waals surface area contributed by atoms with E-state index in [1.165, 1.54) is 31.1 Å². The second-order valence-corrected chi connectivity index (χ2v) is 9.15. The van der Waals surface area contributed by atoms with Gasteiger partial charge in [0, 0.05) is 31.3 Å². The van der Waals surface area contributed by atoms with Crippen LogP contribution in [0.5, 0.6) is 0 Å². The van der Waals surface area contributed by atoms with Crippen LogP contribution in [0.25, 0.3) is 0 Å². The zero-order valence-electron chi connectivity index (χ0n) is 15.3. The summed E-state index contributed by atoms with van der Waals surface area (Å²) in [6, 6.07) is 10.7. The summed E-state index contributed by atoms with van der Waals surface area (Å²) in [4.78, 5) is 4.27. The Kier molecular flexibility index (Phi) is 8.67. The van der Waals surface area contributed by atoms with Crippen molar-refractivity contribution in [2.24, 2.45) is 4.99 Å². The highest BCUT2D eigenvalue weighted by Crippen LogP contribution is 2.43. The van der Waals surface area contributed by atoms with Crippen LogP contribution in [0.15, 0.2) is 35.3 Å². The number of hydrogen-bond acceptors (Lipinski definition) is 3. The van der Waals surface area contributed by atoms with E-state index < -0.39 is 9.84 Å². The molecular formula is C18H30IN3O2S. The molecule has 0 bridgehead atoms. The van der Waals surface area contributed by atoms with Gasteiger partial charge in [-0.2, -0.15) is 0 Å². The highest BCUT2D eigenvalue weighted by Gasteiger charge is 2.38. The molecule has 7 heteroatoms. The first-order chi connectivity index (χ1) is 11.3. The van der Waals surface area contributed by atoms with Crippen molar-refractivity contribution < 1.29 is 8.42 Å². The summed E-state index contributed by atoms with van der Waals surface area (Å²) in [5, 5.41) is 6.71. The molecule has 0 amide bonds. The number of rotatable bonds is 7. The molecule has 142 valence electrons. The standard InChI is InChI=1S/C18H29N3O2S.HI/c1-15(10-13-24(3,22)23)21-17(19-2)20-14-18(11-7-12-18)16-8-5-4-6-9-16;/h4-6,8-9,15H,7,10-14H2,1-3H3,(H2,19,20,21);1H. The normalized spacial score (nSPS) is 17.8. The highest BCUT2D eigenvalue weighted by molar-refractivity contribution is 14.0. The fraction of sp³-hybridized carbons (Fsp3) is 0.611. The molecule has 0 aliphatic heterocycles. The minimum Gasteiger partial charge on any atom is -0.356 e. The van der Waals surface area contributed by atoms with Gasteiger partial charge in [0.2, 0.25) is 0 Å². The van der Waals surface area contributed by atoms with E-state index in [0.717, 1.165) is 12.5 Å². The van der Waals surface area contributed by atoms with Gasteiger partial charge in [-0.05, 0) is 31.7 Å². The SMILES string of the molecule is CN=C(NCC1(c2ccccc2)CCC1)NC(C)CCS(C)(=O)=O.I. The van der Waals surface area contributed by atoms with Gasteiger partial charge in [-0.25, -0.2) is 8.42 Å². The molecule has 1 fully saturated rings.